The third-order valence-electron chi connectivity index (χ3n) is 5.88. The zero-order chi connectivity index (χ0) is 23.0. The standard InChI is InChI=1S/C26H25NO5/c1-5-17-8-10-18(11-9-17)27-23(20-7-6-12-32-20)22(25(29)26(27)30)24(28)19-13-16(3)21(31-4)14-15(19)2/h6-14,23,28H,5H2,1-4H3/b24-22-. The van der Waals surface area contributed by atoms with Crippen LogP contribution in [0.15, 0.2) is 64.8 Å². The van der Waals surface area contributed by atoms with E-state index in [4.69, 9.17) is 9.15 Å². The molecule has 6 nitrogen and oxygen atoms in total. The van der Waals surface area contributed by atoms with Crippen molar-refractivity contribution in [3.63, 3.8) is 0 Å². The van der Waals surface area contributed by atoms with E-state index in [1.54, 1.807) is 31.4 Å². The number of anilines is 1. The van der Waals surface area contributed by atoms with Crippen molar-refractivity contribution in [3.8, 4) is 5.75 Å². The first-order valence-electron chi connectivity index (χ1n) is 10.5. The van der Waals surface area contributed by atoms with Gasteiger partial charge in [0.05, 0.1) is 18.9 Å². The lowest BCUT2D eigenvalue weighted by atomic mass is 9.95. The van der Waals surface area contributed by atoms with Gasteiger partial charge in [0.15, 0.2) is 0 Å². The first kappa shape index (κ1) is 21.4. The molecule has 6 heteroatoms. The van der Waals surface area contributed by atoms with E-state index >= 15 is 0 Å². The number of aliphatic hydroxyl groups is 1. The molecular formula is C26H25NO5. The number of carbonyl (C=O) groups is 2. The van der Waals surface area contributed by atoms with Crippen molar-refractivity contribution in [2.45, 2.75) is 33.2 Å². The van der Waals surface area contributed by atoms with Crippen molar-refractivity contribution in [2.75, 3.05) is 12.0 Å². The first-order valence-corrected chi connectivity index (χ1v) is 10.5. The second kappa shape index (κ2) is 8.38. The van der Waals surface area contributed by atoms with E-state index in [2.05, 4.69) is 0 Å². The van der Waals surface area contributed by atoms with Crippen LogP contribution in [0.5, 0.6) is 5.75 Å². The Morgan fingerprint density at radius 1 is 1.09 bits per heavy atom. The topological polar surface area (TPSA) is 80.0 Å². The number of nitrogens with zero attached hydrogens (tertiary/aromatic N) is 1. The van der Waals surface area contributed by atoms with Crippen molar-refractivity contribution in [3.05, 3.63) is 88.4 Å². The summed E-state index contributed by atoms with van der Waals surface area (Å²) in [5.41, 5.74) is 3.67. The second-order valence-corrected chi connectivity index (χ2v) is 7.84. The van der Waals surface area contributed by atoms with Crippen molar-refractivity contribution in [1.29, 1.82) is 0 Å². The van der Waals surface area contributed by atoms with Crippen molar-refractivity contribution >= 4 is 23.1 Å². The molecule has 0 saturated carbocycles. The van der Waals surface area contributed by atoms with E-state index in [-0.39, 0.29) is 11.3 Å². The molecule has 1 aromatic heterocycles. The van der Waals surface area contributed by atoms with Crippen LogP contribution in [0, 0.1) is 13.8 Å². The molecule has 1 aliphatic rings. The lowest BCUT2D eigenvalue weighted by Gasteiger charge is -2.23. The fraction of sp³-hybridized carbons (Fsp3) is 0.231. The van der Waals surface area contributed by atoms with Crippen LogP contribution in [0.3, 0.4) is 0 Å². The number of benzene rings is 2. The van der Waals surface area contributed by atoms with Gasteiger partial charge in [-0.15, -0.1) is 0 Å². The Balaban J connectivity index is 1.92. The van der Waals surface area contributed by atoms with Gasteiger partial charge in [-0.1, -0.05) is 19.1 Å². The molecule has 0 aliphatic carbocycles. The van der Waals surface area contributed by atoms with Crippen LogP contribution in [0.1, 0.15) is 41.0 Å². The van der Waals surface area contributed by atoms with Gasteiger partial charge >= 0.3 is 0 Å². The number of Topliss-reactive ketones (excluding diaryl/α,β-unsaturated/α-hetero) is 1. The summed E-state index contributed by atoms with van der Waals surface area (Å²) in [7, 11) is 1.58. The first-order chi connectivity index (χ1) is 15.4. The monoisotopic (exact) mass is 431 g/mol. The summed E-state index contributed by atoms with van der Waals surface area (Å²) < 4.78 is 11.0. The number of furan rings is 1. The minimum atomic E-state index is -0.876. The maximum Gasteiger partial charge on any atom is 0.300 e. The molecule has 164 valence electrons. The van der Waals surface area contributed by atoms with Gasteiger partial charge < -0.3 is 14.3 Å². The van der Waals surface area contributed by atoms with Crippen molar-refractivity contribution in [1.82, 2.24) is 0 Å². The van der Waals surface area contributed by atoms with Crippen molar-refractivity contribution < 1.29 is 23.8 Å². The van der Waals surface area contributed by atoms with Crippen LogP contribution in [-0.4, -0.2) is 23.9 Å². The Kier molecular flexibility index (Phi) is 5.61. The van der Waals surface area contributed by atoms with Gasteiger partial charge in [-0.3, -0.25) is 14.5 Å². The molecule has 0 radical (unpaired) electrons. The third kappa shape index (κ3) is 3.47. The molecule has 2 aromatic carbocycles. The Morgan fingerprint density at radius 3 is 2.41 bits per heavy atom. The predicted molar refractivity (Wildman–Crippen MR) is 122 cm³/mol. The summed E-state index contributed by atoms with van der Waals surface area (Å²) in [5.74, 6) is -0.622. The molecule has 2 heterocycles. The molecule has 3 aromatic rings. The van der Waals surface area contributed by atoms with Gasteiger partial charge in [0.1, 0.15) is 23.3 Å². The molecule has 0 bridgehead atoms. The Hall–Kier alpha value is -3.80. The summed E-state index contributed by atoms with van der Waals surface area (Å²) in [5, 5.41) is 11.3. The largest absolute Gasteiger partial charge is 0.507 e. The lowest BCUT2D eigenvalue weighted by Crippen LogP contribution is -2.29. The molecule has 1 atom stereocenters. The number of amides is 1. The summed E-state index contributed by atoms with van der Waals surface area (Å²) in [6, 6.07) is 13.5. The summed E-state index contributed by atoms with van der Waals surface area (Å²) >= 11 is 0. The number of ketones is 1. The van der Waals surface area contributed by atoms with Crippen LogP contribution < -0.4 is 9.64 Å². The fourth-order valence-electron chi connectivity index (χ4n) is 4.12. The highest BCUT2D eigenvalue weighted by Gasteiger charge is 2.48. The Bertz CT molecular complexity index is 1210. The van der Waals surface area contributed by atoms with E-state index in [1.165, 1.54) is 11.2 Å². The van der Waals surface area contributed by atoms with E-state index in [0.717, 1.165) is 23.1 Å². The highest BCUT2D eigenvalue weighted by molar-refractivity contribution is 6.51. The number of aryl methyl sites for hydroxylation is 3. The fourth-order valence-corrected chi connectivity index (χ4v) is 4.12. The zero-order valence-corrected chi connectivity index (χ0v) is 18.5. The van der Waals surface area contributed by atoms with Crippen LogP contribution in [0.25, 0.3) is 5.76 Å². The van der Waals surface area contributed by atoms with E-state index in [9.17, 15) is 14.7 Å². The SMILES string of the molecule is CCc1ccc(N2C(=O)C(=O)/C(=C(\O)c3cc(C)c(OC)cc3C)C2c2ccco2)cc1. The lowest BCUT2D eigenvalue weighted by molar-refractivity contribution is -0.132. The van der Waals surface area contributed by atoms with Gasteiger partial charge in [-0.2, -0.15) is 0 Å². The number of carbonyl (C=O) groups excluding carboxylic acids is 2. The highest BCUT2D eigenvalue weighted by Crippen LogP contribution is 2.43. The average Bonchev–Trinajstić information content (AvgIpc) is 3.41. The second-order valence-electron chi connectivity index (χ2n) is 7.84. The number of aliphatic hydroxyl groups excluding tert-OH is 1. The number of methoxy groups -OCH3 is 1. The Morgan fingerprint density at radius 2 is 1.81 bits per heavy atom. The molecule has 1 aliphatic heterocycles. The third-order valence-corrected chi connectivity index (χ3v) is 5.88. The van der Waals surface area contributed by atoms with E-state index in [1.807, 2.05) is 45.0 Å². The normalized spacial score (nSPS) is 17.8. The molecule has 1 unspecified atom stereocenters. The zero-order valence-electron chi connectivity index (χ0n) is 18.5. The predicted octanol–water partition coefficient (Wildman–Crippen LogP) is 5.09. The van der Waals surface area contributed by atoms with Crippen molar-refractivity contribution in [2.24, 2.45) is 0 Å². The summed E-state index contributed by atoms with van der Waals surface area (Å²) in [4.78, 5) is 27.7. The minimum Gasteiger partial charge on any atom is -0.507 e. The van der Waals surface area contributed by atoms with Gasteiger partial charge in [-0.05, 0) is 73.4 Å². The molecule has 1 saturated heterocycles. The molecular weight excluding hydrogens is 406 g/mol. The summed E-state index contributed by atoms with van der Waals surface area (Å²) in [6.45, 7) is 5.72. The van der Waals surface area contributed by atoms with Crippen LogP contribution in [0.4, 0.5) is 5.69 Å². The van der Waals surface area contributed by atoms with Gasteiger partial charge in [-0.25, -0.2) is 0 Å². The Labute approximate surface area is 186 Å². The van der Waals surface area contributed by atoms with Gasteiger partial charge in [0, 0.05) is 11.3 Å². The number of rotatable bonds is 5. The van der Waals surface area contributed by atoms with Gasteiger partial charge in [0.2, 0.25) is 0 Å². The van der Waals surface area contributed by atoms with E-state index < -0.39 is 17.7 Å². The maximum absolute atomic E-state index is 13.2. The number of hydrogen-bond donors (Lipinski definition) is 1. The number of ether oxygens (including phenoxy) is 1. The quantitative estimate of drug-likeness (QED) is 0.346. The minimum absolute atomic E-state index is 0.00261. The molecule has 1 N–H and O–H groups in total. The van der Waals surface area contributed by atoms with Crippen LogP contribution in [-0.2, 0) is 16.0 Å². The smallest absolute Gasteiger partial charge is 0.300 e. The van der Waals surface area contributed by atoms with Gasteiger partial charge in [0.25, 0.3) is 11.7 Å². The molecule has 32 heavy (non-hydrogen) atoms. The highest BCUT2D eigenvalue weighted by atomic mass is 16.5. The van der Waals surface area contributed by atoms with E-state index in [0.29, 0.717) is 22.8 Å². The van der Waals surface area contributed by atoms with Crippen LogP contribution in [0.2, 0.25) is 0 Å². The molecule has 4 rings (SSSR count). The average molecular weight is 431 g/mol. The summed E-state index contributed by atoms with van der Waals surface area (Å²) in [6.07, 6.45) is 2.34. The number of hydrogen-bond acceptors (Lipinski definition) is 5. The molecule has 1 amide bonds. The molecule has 1 fully saturated rings. The molecule has 0 spiro atoms. The van der Waals surface area contributed by atoms with Crippen LogP contribution >= 0.6 is 0 Å². The maximum atomic E-state index is 13.2.